The highest BCUT2D eigenvalue weighted by molar-refractivity contribution is 7.89. The van der Waals surface area contributed by atoms with Crippen molar-refractivity contribution in [1.29, 1.82) is 0 Å². The van der Waals surface area contributed by atoms with Crippen LogP contribution in [0.5, 0.6) is 0 Å². The van der Waals surface area contributed by atoms with Crippen molar-refractivity contribution in [2.75, 3.05) is 13.6 Å². The van der Waals surface area contributed by atoms with Crippen molar-refractivity contribution in [1.82, 2.24) is 4.31 Å². The van der Waals surface area contributed by atoms with Gasteiger partial charge < -0.3 is 5.73 Å². The van der Waals surface area contributed by atoms with E-state index in [1.54, 1.807) is 25.2 Å². The molecule has 1 rings (SSSR count). The van der Waals surface area contributed by atoms with Crippen molar-refractivity contribution in [2.24, 2.45) is 11.7 Å². The number of nitrogens with two attached hydrogens (primary N) is 1. The molecule has 0 spiro atoms. The summed E-state index contributed by atoms with van der Waals surface area (Å²) in [4.78, 5) is 0.128. The molecule has 0 bridgehead atoms. The van der Waals surface area contributed by atoms with Crippen molar-refractivity contribution in [2.45, 2.75) is 31.7 Å². The third kappa shape index (κ3) is 4.18. The van der Waals surface area contributed by atoms with Crippen LogP contribution >= 0.6 is 11.6 Å². The van der Waals surface area contributed by atoms with Crippen LogP contribution in [0.3, 0.4) is 0 Å². The SMILES string of the molecule is CC(C)CCN(C)S(=O)(=O)c1cc(CN)ccc1Cl. The maximum atomic E-state index is 12.4. The van der Waals surface area contributed by atoms with Crippen molar-refractivity contribution >= 4 is 21.6 Å². The van der Waals surface area contributed by atoms with Gasteiger partial charge in [0, 0.05) is 20.1 Å². The van der Waals surface area contributed by atoms with Crippen molar-refractivity contribution < 1.29 is 8.42 Å². The summed E-state index contributed by atoms with van der Waals surface area (Å²) in [6.45, 7) is 4.88. The van der Waals surface area contributed by atoms with E-state index in [0.717, 1.165) is 12.0 Å². The molecule has 0 fully saturated rings. The maximum Gasteiger partial charge on any atom is 0.244 e. The fourth-order valence-corrected chi connectivity index (χ4v) is 3.31. The summed E-state index contributed by atoms with van der Waals surface area (Å²) in [6, 6.07) is 4.85. The summed E-state index contributed by atoms with van der Waals surface area (Å²) in [5, 5.41) is 0.230. The molecule has 0 aliphatic carbocycles. The Hall–Kier alpha value is -0.620. The fourth-order valence-electron chi connectivity index (χ4n) is 1.60. The molecule has 4 nitrogen and oxygen atoms in total. The average Bonchev–Trinajstić information content (AvgIpc) is 2.36. The summed E-state index contributed by atoms with van der Waals surface area (Å²) in [7, 11) is -1.98. The Labute approximate surface area is 120 Å². The highest BCUT2D eigenvalue weighted by Crippen LogP contribution is 2.25. The Bertz CT molecular complexity index is 529. The second kappa shape index (κ2) is 6.70. The molecule has 0 atom stereocenters. The number of hydrogen-bond donors (Lipinski definition) is 1. The van der Waals surface area contributed by atoms with Crippen LogP contribution in [-0.2, 0) is 16.6 Å². The van der Waals surface area contributed by atoms with E-state index in [4.69, 9.17) is 17.3 Å². The zero-order valence-electron chi connectivity index (χ0n) is 11.6. The lowest BCUT2D eigenvalue weighted by Gasteiger charge is -2.19. The molecule has 108 valence electrons. The molecule has 1 aromatic rings. The third-order valence-corrected chi connectivity index (χ3v) is 5.28. The highest BCUT2D eigenvalue weighted by Gasteiger charge is 2.23. The van der Waals surface area contributed by atoms with Gasteiger partial charge in [0.15, 0.2) is 0 Å². The zero-order chi connectivity index (χ0) is 14.6. The van der Waals surface area contributed by atoms with E-state index in [2.05, 4.69) is 13.8 Å². The Morgan fingerprint density at radius 2 is 2.00 bits per heavy atom. The maximum absolute atomic E-state index is 12.4. The summed E-state index contributed by atoms with van der Waals surface area (Å²) < 4.78 is 26.2. The van der Waals surface area contributed by atoms with E-state index in [1.807, 2.05) is 0 Å². The first-order chi connectivity index (χ1) is 8.78. The lowest BCUT2D eigenvalue weighted by Crippen LogP contribution is -2.29. The fraction of sp³-hybridized carbons (Fsp3) is 0.538. The Balaban J connectivity index is 3.05. The average molecular weight is 305 g/mol. The Kier molecular flexibility index (Phi) is 5.80. The Morgan fingerprint density at radius 3 is 2.53 bits per heavy atom. The minimum atomic E-state index is -3.55. The molecule has 6 heteroatoms. The van der Waals surface area contributed by atoms with Crippen molar-refractivity contribution in [3.8, 4) is 0 Å². The number of rotatable bonds is 6. The molecular formula is C13H21ClN2O2S. The van der Waals surface area contributed by atoms with Crippen LogP contribution in [0.1, 0.15) is 25.8 Å². The first-order valence-electron chi connectivity index (χ1n) is 6.24. The second-order valence-corrected chi connectivity index (χ2v) is 7.40. The van der Waals surface area contributed by atoms with E-state index < -0.39 is 10.0 Å². The van der Waals surface area contributed by atoms with Gasteiger partial charge in [0.2, 0.25) is 10.0 Å². The molecule has 0 unspecified atom stereocenters. The van der Waals surface area contributed by atoms with Crippen LogP contribution in [0.2, 0.25) is 5.02 Å². The van der Waals surface area contributed by atoms with Gasteiger partial charge in [-0.1, -0.05) is 31.5 Å². The normalized spacial score (nSPS) is 12.4. The molecule has 0 aromatic heterocycles. The van der Waals surface area contributed by atoms with Crippen molar-refractivity contribution in [3.63, 3.8) is 0 Å². The second-order valence-electron chi connectivity index (χ2n) is 4.98. The van der Waals surface area contributed by atoms with Crippen LogP contribution in [0, 0.1) is 5.92 Å². The molecular weight excluding hydrogens is 284 g/mol. The van der Waals surface area contributed by atoms with Gasteiger partial charge >= 0.3 is 0 Å². The lowest BCUT2D eigenvalue weighted by atomic mass is 10.1. The predicted molar refractivity (Wildman–Crippen MR) is 78.6 cm³/mol. The minimum absolute atomic E-state index is 0.128. The number of hydrogen-bond acceptors (Lipinski definition) is 3. The predicted octanol–water partition coefficient (Wildman–Crippen LogP) is 2.47. The van der Waals surface area contributed by atoms with E-state index in [1.165, 1.54) is 4.31 Å². The van der Waals surface area contributed by atoms with Crippen LogP contribution in [0.15, 0.2) is 23.1 Å². The van der Waals surface area contributed by atoms with E-state index in [9.17, 15) is 8.42 Å². The van der Waals surface area contributed by atoms with Gasteiger partial charge in [-0.15, -0.1) is 0 Å². The van der Waals surface area contributed by atoms with E-state index in [0.29, 0.717) is 12.5 Å². The molecule has 19 heavy (non-hydrogen) atoms. The third-order valence-electron chi connectivity index (χ3n) is 2.94. The first kappa shape index (κ1) is 16.4. The molecule has 0 radical (unpaired) electrons. The number of sulfonamides is 1. The quantitative estimate of drug-likeness (QED) is 0.878. The monoisotopic (exact) mass is 304 g/mol. The molecule has 2 N–H and O–H groups in total. The smallest absolute Gasteiger partial charge is 0.244 e. The Morgan fingerprint density at radius 1 is 1.37 bits per heavy atom. The molecule has 0 saturated heterocycles. The summed E-state index contributed by atoms with van der Waals surface area (Å²) >= 11 is 6.00. The van der Waals surface area contributed by atoms with Gasteiger partial charge in [-0.3, -0.25) is 0 Å². The van der Waals surface area contributed by atoms with Gasteiger partial charge in [-0.05, 0) is 30.0 Å². The van der Waals surface area contributed by atoms with Crippen LogP contribution < -0.4 is 5.73 Å². The van der Waals surface area contributed by atoms with Crippen LogP contribution in [-0.4, -0.2) is 26.3 Å². The number of nitrogens with zero attached hydrogens (tertiary/aromatic N) is 1. The molecule has 0 amide bonds. The van der Waals surface area contributed by atoms with Gasteiger partial charge in [0.1, 0.15) is 4.90 Å². The van der Waals surface area contributed by atoms with E-state index >= 15 is 0 Å². The summed E-state index contributed by atoms with van der Waals surface area (Å²) in [5.41, 5.74) is 6.29. The van der Waals surface area contributed by atoms with Gasteiger partial charge in [-0.25, -0.2) is 12.7 Å². The summed E-state index contributed by atoms with van der Waals surface area (Å²) in [5.74, 6) is 0.448. The topological polar surface area (TPSA) is 63.4 Å². The molecule has 0 aliphatic heterocycles. The van der Waals surface area contributed by atoms with Crippen LogP contribution in [0.4, 0.5) is 0 Å². The van der Waals surface area contributed by atoms with Gasteiger partial charge in [-0.2, -0.15) is 0 Å². The minimum Gasteiger partial charge on any atom is -0.326 e. The number of benzene rings is 1. The lowest BCUT2D eigenvalue weighted by molar-refractivity contribution is 0.428. The van der Waals surface area contributed by atoms with Gasteiger partial charge in [0.25, 0.3) is 0 Å². The summed E-state index contributed by atoms with van der Waals surface area (Å²) in [6.07, 6.45) is 0.809. The molecule has 0 heterocycles. The molecule has 0 saturated carbocycles. The zero-order valence-corrected chi connectivity index (χ0v) is 13.1. The van der Waals surface area contributed by atoms with E-state index in [-0.39, 0.29) is 16.5 Å². The first-order valence-corrected chi connectivity index (χ1v) is 8.05. The largest absolute Gasteiger partial charge is 0.326 e. The van der Waals surface area contributed by atoms with Gasteiger partial charge in [0.05, 0.1) is 5.02 Å². The standard InChI is InChI=1S/C13H21ClN2O2S/c1-10(2)6-7-16(3)19(17,18)13-8-11(9-15)4-5-12(13)14/h4-5,8,10H,6-7,9,15H2,1-3H3. The molecule has 1 aromatic carbocycles. The highest BCUT2D eigenvalue weighted by atomic mass is 35.5. The number of halogens is 1. The van der Waals surface area contributed by atoms with Crippen molar-refractivity contribution in [3.05, 3.63) is 28.8 Å². The van der Waals surface area contributed by atoms with Crippen LogP contribution in [0.25, 0.3) is 0 Å². The molecule has 0 aliphatic rings.